The molecular weight excluding hydrogens is 386 g/mol. The molecule has 1 fully saturated rings. The molecule has 0 N–H and O–H groups in total. The highest BCUT2D eigenvalue weighted by Gasteiger charge is 2.31. The first-order valence-corrected chi connectivity index (χ1v) is 10.0. The fraction of sp³-hybridized carbons (Fsp3) is 0.364. The topological polar surface area (TPSA) is 93.0 Å². The first kappa shape index (κ1) is 19.9. The number of benzene rings is 2. The van der Waals surface area contributed by atoms with Gasteiger partial charge in [-0.15, -0.1) is 0 Å². The first-order valence-electron chi connectivity index (χ1n) is 10.0. The molecule has 0 aliphatic carbocycles. The van der Waals surface area contributed by atoms with Gasteiger partial charge in [-0.25, -0.2) is 0 Å². The second kappa shape index (κ2) is 8.52. The van der Waals surface area contributed by atoms with Crippen LogP contribution in [-0.2, 0) is 16.0 Å². The van der Waals surface area contributed by atoms with Crippen LogP contribution in [0, 0.1) is 16.0 Å². The third kappa shape index (κ3) is 4.27. The van der Waals surface area contributed by atoms with Gasteiger partial charge in [0.25, 0.3) is 11.6 Å². The zero-order chi connectivity index (χ0) is 21.1. The molecule has 2 aromatic carbocycles. The maximum atomic E-state index is 12.9. The van der Waals surface area contributed by atoms with Crippen molar-refractivity contribution in [3.63, 3.8) is 0 Å². The molecule has 0 unspecified atom stereocenters. The van der Waals surface area contributed by atoms with Crippen molar-refractivity contribution < 1.29 is 19.2 Å². The number of ether oxygens (including phenoxy) is 1. The summed E-state index contributed by atoms with van der Waals surface area (Å²) >= 11 is 0. The largest absolute Gasteiger partial charge is 0.482 e. The van der Waals surface area contributed by atoms with E-state index in [1.165, 1.54) is 28.7 Å². The molecule has 2 aliphatic rings. The maximum Gasteiger partial charge on any atom is 0.271 e. The average molecular weight is 409 g/mol. The van der Waals surface area contributed by atoms with E-state index in [0.29, 0.717) is 24.8 Å². The van der Waals surface area contributed by atoms with Crippen LogP contribution in [0.25, 0.3) is 0 Å². The summed E-state index contributed by atoms with van der Waals surface area (Å²) in [6.07, 6.45) is 2.83. The number of nitro groups is 1. The van der Waals surface area contributed by atoms with Gasteiger partial charge in [0, 0.05) is 25.2 Å². The molecule has 0 radical (unpaired) electrons. The van der Waals surface area contributed by atoms with E-state index >= 15 is 0 Å². The summed E-state index contributed by atoms with van der Waals surface area (Å²) in [7, 11) is 0. The van der Waals surface area contributed by atoms with Crippen molar-refractivity contribution in [1.82, 2.24) is 4.90 Å². The van der Waals surface area contributed by atoms with Gasteiger partial charge in [0.2, 0.25) is 5.91 Å². The number of likely N-dealkylation sites (tertiary alicyclic amines) is 1. The molecule has 156 valence electrons. The number of piperidine rings is 1. The zero-order valence-corrected chi connectivity index (χ0v) is 16.5. The lowest BCUT2D eigenvalue weighted by Gasteiger charge is -2.35. The van der Waals surface area contributed by atoms with Crippen molar-refractivity contribution in [3.8, 4) is 5.75 Å². The number of hydrogen-bond acceptors (Lipinski definition) is 5. The average Bonchev–Trinajstić information content (AvgIpc) is 2.76. The van der Waals surface area contributed by atoms with Crippen LogP contribution in [0.3, 0.4) is 0 Å². The van der Waals surface area contributed by atoms with Gasteiger partial charge in [0.1, 0.15) is 12.3 Å². The number of non-ortho nitro benzene ring substituents is 1. The van der Waals surface area contributed by atoms with Gasteiger partial charge >= 0.3 is 0 Å². The first-order chi connectivity index (χ1) is 14.5. The predicted molar refractivity (Wildman–Crippen MR) is 110 cm³/mol. The highest BCUT2D eigenvalue weighted by atomic mass is 16.6. The van der Waals surface area contributed by atoms with E-state index in [-0.39, 0.29) is 36.3 Å². The number of carbonyl (C=O) groups is 2. The Balaban J connectivity index is 1.39. The lowest BCUT2D eigenvalue weighted by atomic mass is 9.90. The highest BCUT2D eigenvalue weighted by molar-refractivity contribution is 6.02. The van der Waals surface area contributed by atoms with Crippen LogP contribution in [0.4, 0.5) is 11.4 Å². The normalized spacial score (nSPS) is 16.7. The van der Waals surface area contributed by atoms with Crippen LogP contribution in [-0.4, -0.2) is 47.9 Å². The lowest BCUT2D eigenvalue weighted by molar-refractivity contribution is -0.384. The van der Waals surface area contributed by atoms with Crippen molar-refractivity contribution >= 4 is 23.2 Å². The molecule has 0 saturated carbocycles. The van der Waals surface area contributed by atoms with Crippen LogP contribution in [0.2, 0.25) is 0 Å². The van der Waals surface area contributed by atoms with Gasteiger partial charge in [-0.1, -0.05) is 30.3 Å². The second-order valence-electron chi connectivity index (χ2n) is 7.69. The molecule has 2 heterocycles. The third-order valence-corrected chi connectivity index (χ3v) is 5.72. The number of hydrogen-bond donors (Lipinski definition) is 0. The number of fused-ring (bicyclic) bond motifs is 1. The summed E-state index contributed by atoms with van der Waals surface area (Å²) in [6.45, 7) is 0.976. The molecule has 0 bridgehead atoms. The van der Waals surface area contributed by atoms with E-state index in [1.807, 2.05) is 18.2 Å². The SMILES string of the molecule is O=C(CN1C(=O)COc2ccc([N+](=O)[O-])cc21)N1CCC(Cc2ccccc2)CC1. The monoisotopic (exact) mass is 409 g/mol. The molecule has 8 heteroatoms. The molecular formula is C22H23N3O5. The van der Waals surface area contributed by atoms with Crippen LogP contribution in [0.15, 0.2) is 48.5 Å². The molecule has 2 aromatic rings. The van der Waals surface area contributed by atoms with E-state index in [4.69, 9.17) is 4.74 Å². The van der Waals surface area contributed by atoms with Crippen molar-refractivity contribution in [2.45, 2.75) is 19.3 Å². The summed E-state index contributed by atoms with van der Waals surface area (Å²) in [4.78, 5) is 38.9. The Morgan fingerprint density at radius 3 is 2.57 bits per heavy atom. The number of carbonyl (C=O) groups excluding carboxylic acids is 2. The fourth-order valence-electron chi connectivity index (χ4n) is 4.05. The van der Waals surface area contributed by atoms with Gasteiger partial charge in [0.15, 0.2) is 6.61 Å². The minimum absolute atomic E-state index is 0.139. The molecule has 30 heavy (non-hydrogen) atoms. The van der Waals surface area contributed by atoms with Crippen molar-refractivity contribution in [3.05, 3.63) is 64.2 Å². The molecule has 0 aromatic heterocycles. The van der Waals surface area contributed by atoms with Crippen LogP contribution >= 0.6 is 0 Å². The van der Waals surface area contributed by atoms with Crippen molar-refractivity contribution in [2.75, 3.05) is 31.1 Å². The Kier molecular flexibility index (Phi) is 5.65. The van der Waals surface area contributed by atoms with Gasteiger partial charge in [-0.2, -0.15) is 0 Å². The Morgan fingerprint density at radius 1 is 1.13 bits per heavy atom. The predicted octanol–water partition coefficient (Wildman–Crippen LogP) is 2.80. The summed E-state index contributed by atoms with van der Waals surface area (Å²) in [5.74, 6) is 0.371. The Hall–Kier alpha value is -3.42. The van der Waals surface area contributed by atoms with Crippen molar-refractivity contribution in [2.24, 2.45) is 5.92 Å². The Bertz CT molecular complexity index is 955. The highest BCUT2D eigenvalue weighted by Crippen LogP contribution is 2.35. The summed E-state index contributed by atoms with van der Waals surface area (Å²) < 4.78 is 5.36. The van der Waals surface area contributed by atoms with E-state index in [0.717, 1.165) is 19.3 Å². The number of nitrogens with zero attached hydrogens (tertiary/aromatic N) is 3. The standard InChI is InChI=1S/C22H23N3O5/c26-21(23-10-8-17(9-11-23)12-16-4-2-1-3-5-16)14-24-19-13-18(25(28)29)6-7-20(19)30-15-22(24)27/h1-7,13,17H,8-12,14-15H2. The number of anilines is 1. The van der Waals surface area contributed by atoms with Gasteiger partial charge in [0.05, 0.1) is 10.6 Å². The van der Waals surface area contributed by atoms with Gasteiger partial charge in [-0.05, 0) is 36.8 Å². The lowest BCUT2D eigenvalue weighted by Crippen LogP contribution is -2.48. The molecule has 4 rings (SSSR count). The number of amides is 2. The third-order valence-electron chi connectivity index (χ3n) is 5.72. The maximum absolute atomic E-state index is 12.9. The van der Waals surface area contributed by atoms with Crippen LogP contribution in [0.5, 0.6) is 5.75 Å². The summed E-state index contributed by atoms with van der Waals surface area (Å²) in [5, 5.41) is 11.1. The quantitative estimate of drug-likeness (QED) is 0.559. The number of nitro benzene ring substituents is 1. The summed E-state index contributed by atoms with van der Waals surface area (Å²) in [5.41, 5.74) is 1.43. The van der Waals surface area contributed by atoms with Crippen LogP contribution in [0.1, 0.15) is 18.4 Å². The van der Waals surface area contributed by atoms with Gasteiger partial charge < -0.3 is 9.64 Å². The van der Waals surface area contributed by atoms with Gasteiger partial charge in [-0.3, -0.25) is 24.6 Å². The minimum Gasteiger partial charge on any atom is -0.482 e. The summed E-state index contributed by atoms with van der Waals surface area (Å²) in [6, 6.07) is 14.4. The minimum atomic E-state index is -0.531. The Morgan fingerprint density at radius 2 is 1.87 bits per heavy atom. The zero-order valence-electron chi connectivity index (χ0n) is 16.5. The molecule has 0 atom stereocenters. The Labute approximate surface area is 174 Å². The molecule has 0 spiro atoms. The van der Waals surface area contributed by atoms with E-state index in [2.05, 4.69) is 12.1 Å². The second-order valence-corrected chi connectivity index (χ2v) is 7.69. The molecule has 2 aliphatic heterocycles. The van der Waals surface area contributed by atoms with E-state index in [1.54, 1.807) is 4.90 Å². The smallest absolute Gasteiger partial charge is 0.271 e. The van der Waals surface area contributed by atoms with Crippen LogP contribution < -0.4 is 9.64 Å². The molecule has 8 nitrogen and oxygen atoms in total. The molecule has 1 saturated heterocycles. The number of rotatable bonds is 5. The van der Waals surface area contributed by atoms with Crippen molar-refractivity contribution in [1.29, 1.82) is 0 Å². The fourth-order valence-corrected chi connectivity index (χ4v) is 4.05. The van der Waals surface area contributed by atoms with E-state index in [9.17, 15) is 19.7 Å². The molecule has 2 amide bonds. The van der Waals surface area contributed by atoms with E-state index < -0.39 is 4.92 Å².